The van der Waals surface area contributed by atoms with Crippen LogP contribution in [-0.2, 0) is 15.3 Å². The van der Waals surface area contributed by atoms with Gasteiger partial charge in [0.15, 0.2) is 0 Å². The van der Waals surface area contributed by atoms with E-state index in [0.29, 0.717) is 0 Å². The Bertz CT molecular complexity index is 450. The Kier molecular flexibility index (Phi) is 8.25. The van der Waals surface area contributed by atoms with E-state index in [1.54, 1.807) is 7.11 Å². The van der Waals surface area contributed by atoms with Crippen molar-refractivity contribution in [3.05, 3.63) is 30.3 Å². The van der Waals surface area contributed by atoms with Gasteiger partial charge in [-0.15, -0.1) is 0 Å². The van der Waals surface area contributed by atoms with Crippen molar-refractivity contribution in [1.29, 1.82) is 0 Å². The quantitative estimate of drug-likeness (QED) is 0.598. The summed E-state index contributed by atoms with van der Waals surface area (Å²) in [6, 6.07) is 9.68. The van der Waals surface area contributed by atoms with Gasteiger partial charge in [0.05, 0.1) is 7.11 Å². The first-order valence-electron chi connectivity index (χ1n) is 4.39. The Morgan fingerprint density at radius 1 is 1.41 bits per heavy atom. The number of amides is 1. The van der Waals surface area contributed by atoms with E-state index < -0.39 is 23.0 Å². The molecule has 0 unspecified atom stereocenters. The van der Waals surface area contributed by atoms with Crippen LogP contribution in [0.3, 0.4) is 0 Å². The fourth-order valence-electron chi connectivity index (χ4n) is 0.703. The molecule has 0 aromatic heterocycles. The Balaban J connectivity index is 0.000000302. The van der Waals surface area contributed by atoms with E-state index in [-0.39, 0.29) is 0 Å². The Hall–Kier alpha value is -1.93. The standard InChI is InChI=1S/C7H8O.C2H4N2O4S/c1-8-7-5-3-2-4-6-7;5-2(4-6)1-3-9(7)8/h2-6H,1H3;6H,1H2,(H,4,5). The van der Waals surface area contributed by atoms with Crippen LogP contribution in [0.25, 0.3) is 0 Å². The molecule has 1 rings (SSSR count). The second-order valence-electron chi connectivity index (χ2n) is 2.56. The Labute approximate surface area is 99.7 Å². The number of carbonyl (C=O) groups is 1. The van der Waals surface area contributed by atoms with Gasteiger partial charge in [-0.25, -0.2) is 5.48 Å². The molecule has 0 aliphatic heterocycles. The predicted octanol–water partition coefficient (Wildman–Crippen LogP) is 0.250. The van der Waals surface area contributed by atoms with Crippen LogP contribution < -0.4 is 10.2 Å². The number of nitrogens with zero attached hydrogens (tertiary/aromatic N) is 1. The van der Waals surface area contributed by atoms with Crippen LogP contribution in [0.5, 0.6) is 5.75 Å². The summed E-state index contributed by atoms with van der Waals surface area (Å²) in [4.78, 5) is 9.99. The van der Waals surface area contributed by atoms with Gasteiger partial charge in [-0.3, -0.25) is 10.0 Å². The maximum absolute atomic E-state index is 9.99. The van der Waals surface area contributed by atoms with Gasteiger partial charge in [0.25, 0.3) is 5.91 Å². The molecule has 0 spiro atoms. The summed E-state index contributed by atoms with van der Waals surface area (Å²) in [5.41, 5.74) is 1.21. The molecular formula is C9H12N2O5S. The number of hydrogen-bond donors (Lipinski definition) is 2. The summed E-state index contributed by atoms with van der Waals surface area (Å²) in [5.74, 6) is 0.0479. The minimum absolute atomic E-state index is 0.577. The molecule has 0 heterocycles. The van der Waals surface area contributed by atoms with Crippen molar-refractivity contribution in [3.63, 3.8) is 0 Å². The molecule has 7 nitrogen and oxygen atoms in total. The molecule has 1 aromatic rings. The first-order valence-corrected chi connectivity index (χ1v) is 5.42. The van der Waals surface area contributed by atoms with Gasteiger partial charge in [0, 0.05) is 0 Å². The minimum atomic E-state index is -2.58. The first-order chi connectivity index (χ1) is 8.10. The number of nitrogens with one attached hydrogen (secondary N) is 1. The summed E-state index contributed by atoms with van der Waals surface area (Å²) in [7, 11) is -0.923. The lowest BCUT2D eigenvalue weighted by atomic mass is 10.3. The molecule has 1 aromatic carbocycles. The maximum atomic E-state index is 9.99. The molecular weight excluding hydrogens is 248 g/mol. The molecule has 1 amide bonds. The van der Waals surface area contributed by atoms with Gasteiger partial charge >= 0.3 is 10.5 Å². The minimum Gasteiger partial charge on any atom is -0.497 e. The highest BCUT2D eigenvalue weighted by atomic mass is 32.2. The summed E-state index contributed by atoms with van der Waals surface area (Å²) in [5, 5.41) is 7.79. The van der Waals surface area contributed by atoms with E-state index >= 15 is 0 Å². The summed E-state index contributed by atoms with van der Waals surface area (Å²) in [6.45, 7) is -0.577. The van der Waals surface area contributed by atoms with E-state index in [9.17, 15) is 13.2 Å². The number of carbonyl (C=O) groups excluding carboxylic acids is 1. The number of para-hydroxylation sites is 1. The van der Waals surface area contributed by atoms with Crippen LogP contribution in [0.1, 0.15) is 0 Å². The van der Waals surface area contributed by atoms with Crippen molar-refractivity contribution in [3.8, 4) is 5.75 Å². The van der Waals surface area contributed by atoms with E-state index in [1.807, 2.05) is 30.3 Å². The Morgan fingerprint density at radius 3 is 2.35 bits per heavy atom. The van der Waals surface area contributed by atoms with Crippen LogP contribution >= 0.6 is 0 Å². The molecule has 17 heavy (non-hydrogen) atoms. The first kappa shape index (κ1) is 15.1. The highest BCUT2D eigenvalue weighted by Gasteiger charge is 1.93. The van der Waals surface area contributed by atoms with E-state index in [4.69, 9.17) is 9.94 Å². The van der Waals surface area contributed by atoms with Crippen molar-refractivity contribution >= 4 is 16.4 Å². The van der Waals surface area contributed by atoms with Crippen molar-refractivity contribution in [2.45, 2.75) is 0 Å². The molecule has 0 aliphatic carbocycles. The SMILES string of the molecule is COc1ccccc1.O=C(CN=S(=O)=O)NO. The third-order valence-electron chi connectivity index (χ3n) is 1.42. The average molecular weight is 260 g/mol. The molecule has 0 saturated heterocycles. The molecule has 94 valence electrons. The maximum Gasteiger partial charge on any atom is 0.311 e. The lowest BCUT2D eigenvalue weighted by Gasteiger charge is -1.93. The second kappa shape index (κ2) is 9.31. The van der Waals surface area contributed by atoms with Crippen LogP contribution in [0.15, 0.2) is 34.7 Å². The zero-order valence-electron chi connectivity index (χ0n) is 9.03. The lowest BCUT2D eigenvalue weighted by molar-refractivity contribution is -0.127. The molecule has 0 aliphatic rings. The molecule has 8 heteroatoms. The number of methoxy groups -OCH3 is 1. The van der Waals surface area contributed by atoms with Crippen molar-refractivity contribution in [2.24, 2.45) is 4.36 Å². The molecule has 0 atom stereocenters. The fourth-order valence-corrected chi connectivity index (χ4v) is 0.926. The molecule has 2 N–H and O–H groups in total. The van der Waals surface area contributed by atoms with E-state index in [2.05, 4.69) is 4.36 Å². The van der Waals surface area contributed by atoms with Gasteiger partial charge in [0.1, 0.15) is 12.3 Å². The van der Waals surface area contributed by atoms with Crippen LogP contribution in [0, 0.1) is 0 Å². The number of hydroxylamine groups is 1. The van der Waals surface area contributed by atoms with Crippen molar-refractivity contribution in [1.82, 2.24) is 5.48 Å². The molecule has 0 saturated carbocycles. The number of ether oxygens (including phenoxy) is 1. The van der Waals surface area contributed by atoms with Gasteiger partial charge in [0.2, 0.25) is 0 Å². The smallest absolute Gasteiger partial charge is 0.311 e. The summed E-state index contributed by atoms with van der Waals surface area (Å²) < 4.78 is 26.8. The molecule has 0 radical (unpaired) electrons. The van der Waals surface area contributed by atoms with Crippen LogP contribution in [-0.4, -0.2) is 33.2 Å². The van der Waals surface area contributed by atoms with Gasteiger partial charge < -0.3 is 4.74 Å². The topological polar surface area (TPSA) is 105 Å². The average Bonchev–Trinajstić information content (AvgIpc) is 2.37. The second-order valence-corrected chi connectivity index (χ2v) is 3.25. The number of benzene rings is 1. The van der Waals surface area contributed by atoms with Crippen molar-refractivity contribution in [2.75, 3.05) is 13.7 Å². The van der Waals surface area contributed by atoms with Gasteiger partial charge in [-0.05, 0) is 12.1 Å². The summed E-state index contributed by atoms with van der Waals surface area (Å²) in [6.07, 6.45) is 0. The monoisotopic (exact) mass is 260 g/mol. The third kappa shape index (κ3) is 9.03. The highest BCUT2D eigenvalue weighted by Crippen LogP contribution is 2.05. The lowest BCUT2D eigenvalue weighted by Crippen LogP contribution is -2.20. The zero-order valence-corrected chi connectivity index (χ0v) is 9.85. The zero-order chi connectivity index (χ0) is 13.1. The van der Waals surface area contributed by atoms with E-state index in [1.165, 1.54) is 5.48 Å². The number of rotatable bonds is 3. The van der Waals surface area contributed by atoms with Crippen molar-refractivity contribution < 1.29 is 23.2 Å². The normalized spacial score (nSPS) is 8.35. The summed E-state index contributed by atoms with van der Waals surface area (Å²) >= 11 is 0. The molecule has 0 fully saturated rings. The largest absolute Gasteiger partial charge is 0.497 e. The van der Waals surface area contributed by atoms with Crippen LogP contribution in [0.4, 0.5) is 0 Å². The van der Waals surface area contributed by atoms with Gasteiger partial charge in [-0.2, -0.15) is 12.8 Å². The number of hydrogen-bond acceptors (Lipinski definition) is 6. The highest BCUT2D eigenvalue weighted by molar-refractivity contribution is 7.61. The molecule has 0 bridgehead atoms. The predicted molar refractivity (Wildman–Crippen MR) is 59.1 cm³/mol. The van der Waals surface area contributed by atoms with E-state index in [0.717, 1.165) is 5.75 Å². The van der Waals surface area contributed by atoms with Crippen LogP contribution in [0.2, 0.25) is 0 Å². The third-order valence-corrected chi connectivity index (χ3v) is 1.76. The fraction of sp³-hybridized carbons (Fsp3) is 0.222. The van der Waals surface area contributed by atoms with Gasteiger partial charge in [-0.1, -0.05) is 18.2 Å². The Morgan fingerprint density at radius 2 is 2.00 bits per heavy atom.